The van der Waals surface area contributed by atoms with E-state index in [4.69, 9.17) is 0 Å². The van der Waals surface area contributed by atoms with Crippen molar-refractivity contribution < 1.29 is 0 Å². The Morgan fingerprint density at radius 1 is 1.20 bits per heavy atom. The number of hydrogen-bond acceptors (Lipinski definition) is 2. The Labute approximate surface area is 99.8 Å². The van der Waals surface area contributed by atoms with Gasteiger partial charge in [0.1, 0.15) is 0 Å². The van der Waals surface area contributed by atoms with Crippen molar-refractivity contribution >= 4 is 11.8 Å². The van der Waals surface area contributed by atoms with Gasteiger partial charge >= 0.3 is 0 Å². The predicted octanol–water partition coefficient (Wildman–Crippen LogP) is 3.69. The third-order valence-corrected chi connectivity index (χ3v) is 4.45. The topological polar surface area (TPSA) is 12.0 Å². The van der Waals surface area contributed by atoms with E-state index < -0.39 is 0 Å². The minimum Gasteiger partial charge on any atom is -0.316 e. The molecule has 0 aromatic carbocycles. The fraction of sp³-hybridized carbons (Fsp3) is 1.00. The van der Waals surface area contributed by atoms with Crippen LogP contribution < -0.4 is 5.32 Å². The third-order valence-electron chi connectivity index (χ3n) is 3.07. The third kappa shape index (κ3) is 7.24. The summed E-state index contributed by atoms with van der Waals surface area (Å²) in [7, 11) is 0. The summed E-state index contributed by atoms with van der Waals surface area (Å²) < 4.78 is 0. The van der Waals surface area contributed by atoms with Crippen LogP contribution in [0.3, 0.4) is 0 Å². The van der Waals surface area contributed by atoms with E-state index in [0.29, 0.717) is 0 Å². The predicted molar refractivity (Wildman–Crippen MR) is 71.7 cm³/mol. The highest BCUT2D eigenvalue weighted by atomic mass is 32.2. The molecule has 0 aromatic heterocycles. The summed E-state index contributed by atoms with van der Waals surface area (Å²) in [5.41, 5.74) is 0. The highest BCUT2D eigenvalue weighted by molar-refractivity contribution is 7.99. The lowest BCUT2D eigenvalue weighted by molar-refractivity contribution is 0.534. The normalized spacial score (nSPS) is 17.8. The molecule has 90 valence electrons. The Hall–Kier alpha value is 0.310. The molecule has 0 heterocycles. The molecule has 1 aliphatic rings. The Bertz CT molecular complexity index is 141. The lowest BCUT2D eigenvalue weighted by Crippen LogP contribution is -2.19. The highest BCUT2D eigenvalue weighted by Gasteiger charge is 2.14. The molecule has 1 N–H and O–H groups in total. The van der Waals surface area contributed by atoms with Gasteiger partial charge in [0, 0.05) is 17.5 Å². The molecule has 0 saturated heterocycles. The standard InChI is InChI=1S/C13H27NS/c1-12(2)6-5-9-14-10-11-15-13-7-3-4-8-13/h12-14H,3-11H2,1-2H3. The van der Waals surface area contributed by atoms with E-state index >= 15 is 0 Å². The Morgan fingerprint density at radius 3 is 2.60 bits per heavy atom. The molecule has 0 unspecified atom stereocenters. The first-order valence-electron chi connectivity index (χ1n) is 6.61. The van der Waals surface area contributed by atoms with Crippen LogP contribution in [-0.4, -0.2) is 24.1 Å². The van der Waals surface area contributed by atoms with Gasteiger partial charge in [-0.2, -0.15) is 11.8 Å². The van der Waals surface area contributed by atoms with Crippen molar-refractivity contribution in [2.75, 3.05) is 18.8 Å². The Morgan fingerprint density at radius 2 is 1.93 bits per heavy atom. The smallest absolute Gasteiger partial charge is 0.00608 e. The summed E-state index contributed by atoms with van der Waals surface area (Å²) in [6.07, 6.45) is 8.59. The van der Waals surface area contributed by atoms with E-state index in [1.165, 1.54) is 57.4 Å². The number of thioether (sulfide) groups is 1. The van der Waals surface area contributed by atoms with Gasteiger partial charge in [-0.15, -0.1) is 0 Å². The van der Waals surface area contributed by atoms with Crippen molar-refractivity contribution in [3.8, 4) is 0 Å². The molecular formula is C13H27NS. The van der Waals surface area contributed by atoms with Crippen LogP contribution in [-0.2, 0) is 0 Å². The van der Waals surface area contributed by atoms with Gasteiger partial charge in [0.25, 0.3) is 0 Å². The van der Waals surface area contributed by atoms with Gasteiger partial charge in [-0.25, -0.2) is 0 Å². The lowest BCUT2D eigenvalue weighted by Gasteiger charge is -2.09. The van der Waals surface area contributed by atoms with Gasteiger partial charge in [-0.05, 0) is 38.1 Å². The molecule has 1 nitrogen and oxygen atoms in total. The van der Waals surface area contributed by atoms with Crippen LogP contribution in [0.5, 0.6) is 0 Å². The fourth-order valence-corrected chi connectivity index (χ4v) is 3.38. The van der Waals surface area contributed by atoms with E-state index in [1.807, 2.05) is 0 Å². The van der Waals surface area contributed by atoms with Crippen molar-refractivity contribution in [3.63, 3.8) is 0 Å². The molecule has 1 aliphatic carbocycles. The Kier molecular flexibility index (Phi) is 7.54. The van der Waals surface area contributed by atoms with Gasteiger partial charge in [0.05, 0.1) is 0 Å². The molecule has 1 saturated carbocycles. The van der Waals surface area contributed by atoms with Crippen molar-refractivity contribution in [1.82, 2.24) is 5.32 Å². The Balaban J connectivity index is 1.76. The average Bonchev–Trinajstić information content (AvgIpc) is 2.68. The summed E-state index contributed by atoms with van der Waals surface area (Å²) >= 11 is 2.19. The van der Waals surface area contributed by atoms with Crippen molar-refractivity contribution in [1.29, 1.82) is 0 Å². The summed E-state index contributed by atoms with van der Waals surface area (Å²) in [6, 6.07) is 0. The molecule has 1 fully saturated rings. The maximum Gasteiger partial charge on any atom is 0.00608 e. The maximum atomic E-state index is 3.54. The summed E-state index contributed by atoms with van der Waals surface area (Å²) in [5.74, 6) is 2.17. The first-order valence-corrected chi connectivity index (χ1v) is 7.66. The van der Waals surface area contributed by atoms with Gasteiger partial charge in [-0.1, -0.05) is 26.7 Å². The molecule has 0 aliphatic heterocycles. The quantitative estimate of drug-likeness (QED) is 0.637. The monoisotopic (exact) mass is 229 g/mol. The van der Waals surface area contributed by atoms with E-state index in [1.54, 1.807) is 0 Å². The highest BCUT2D eigenvalue weighted by Crippen LogP contribution is 2.28. The summed E-state index contributed by atoms with van der Waals surface area (Å²) in [5, 5.41) is 4.53. The molecule has 15 heavy (non-hydrogen) atoms. The zero-order chi connectivity index (χ0) is 10.9. The van der Waals surface area contributed by atoms with Crippen LogP contribution in [0.15, 0.2) is 0 Å². The van der Waals surface area contributed by atoms with E-state index in [2.05, 4.69) is 30.9 Å². The first kappa shape index (κ1) is 13.4. The van der Waals surface area contributed by atoms with Gasteiger partial charge in [-0.3, -0.25) is 0 Å². The van der Waals surface area contributed by atoms with E-state index in [9.17, 15) is 0 Å². The molecule has 0 bridgehead atoms. The largest absolute Gasteiger partial charge is 0.316 e. The van der Waals surface area contributed by atoms with Crippen LogP contribution in [0, 0.1) is 5.92 Å². The average molecular weight is 229 g/mol. The molecular weight excluding hydrogens is 202 g/mol. The van der Waals surface area contributed by atoms with Crippen LogP contribution in [0.2, 0.25) is 0 Å². The molecule has 0 atom stereocenters. The number of rotatable bonds is 8. The molecule has 0 spiro atoms. The number of hydrogen-bond donors (Lipinski definition) is 1. The second-order valence-electron chi connectivity index (χ2n) is 5.06. The molecule has 0 radical (unpaired) electrons. The first-order chi connectivity index (χ1) is 7.29. The minimum atomic E-state index is 0.861. The van der Waals surface area contributed by atoms with Crippen LogP contribution in [0.4, 0.5) is 0 Å². The second-order valence-corrected chi connectivity index (χ2v) is 6.47. The number of nitrogens with one attached hydrogen (secondary N) is 1. The van der Waals surface area contributed by atoms with Crippen LogP contribution in [0.1, 0.15) is 52.4 Å². The lowest BCUT2D eigenvalue weighted by atomic mass is 10.1. The van der Waals surface area contributed by atoms with E-state index in [0.717, 1.165) is 11.2 Å². The fourth-order valence-electron chi connectivity index (χ4n) is 2.11. The summed E-state index contributed by atoms with van der Waals surface area (Å²) in [6.45, 7) is 7.02. The van der Waals surface area contributed by atoms with Crippen LogP contribution >= 0.6 is 11.8 Å². The van der Waals surface area contributed by atoms with Gasteiger partial charge < -0.3 is 5.32 Å². The zero-order valence-corrected chi connectivity index (χ0v) is 11.2. The van der Waals surface area contributed by atoms with E-state index in [-0.39, 0.29) is 0 Å². The minimum absolute atomic E-state index is 0.861. The van der Waals surface area contributed by atoms with Crippen LogP contribution in [0.25, 0.3) is 0 Å². The SMILES string of the molecule is CC(C)CCCNCCSC1CCCC1. The maximum absolute atomic E-state index is 3.54. The van der Waals surface area contributed by atoms with Crippen molar-refractivity contribution in [2.45, 2.75) is 57.6 Å². The van der Waals surface area contributed by atoms with Crippen molar-refractivity contribution in [2.24, 2.45) is 5.92 Å². The molecule has 2 heteroatoms. The zero-order valence-electron chi connectivity index (χ0n) is 10.4. The molecule has 0 amide bonds. The summed E-state index contributed by atoms with van der Waals surface area (Å²) in [4.78, 5) is 0. The molecule has 0 aromatic rings. The van der Waals surface area contributed by atoms with Crippen molar-refractivity contribution in [3.05, 3.63) is 0 Å². The second kappa shape index (κ2) is 8.46. The van der Waals surface area contributed by atoms with Gasteiger partial charge in [0.2, 0.25) is 0 Å². The van der Waals surface area contributed by atoms with Gasteiger partial charge in [0.15, 0.2) is 0 Å². The molecule has 1 rings (SSSR count).